The number of benzene rings is 1. The number of nitrogens with zero attached hydrogens (tertiary/aromatic N) is 1. The first-order valence-electron chi connectivity index (χ1n) is 5.48. The Morgan fingerprint density at radius 3 is 2.50 bits per heavy atom. The molecule has 86 valence electrons. The average molecular weight is 219 g/mol. The van der Waals surface area contributed by atoms with E-state index in [0.717, 1.165) is 5.56 Å². The summed E-state index contributed by atoms with van der Waals surface area (Å²) in [5, 5.41) is 10.1. The van der Waals surface area contributed by atoms with Gasteiger partial charge in [0, 0.05) is 17.7 Å². The van der Waals surface area contributed by atoms with Crippen molar-refractivity contribution in [3.8, 4) is 0 Å². The summed E-state index contributed by atoms with van der Waals surface area (Å²) < 4.78 is 0. The lowest BCUT2D eigenvalue weighted by Gasteiger charge is -2.28. The highest BCUT2D eigenvalue weighted by atomic mass is 16.3. The SMILES string of the molecule is CC(C)(C)CN1C(=O)c2ccccc2C1O. The number of fused-ring (bicyclic) bond motifs is 1. The van der Waals surface area contributed by atoms with Gasteiger partial charge in [0.05, 0.1) is 0 Å². The molecule has 1 N–H and O–H groups in total. The molecule has 1 aliphatic rings. The monoisotopic (exact) mass is 219 g/mol. The Kier molecular flexibility index (Phi) is 2.50. The van der Waals surface area contributed by atoms with Crippen LogP contribution in [0.4, 0.5) is 0 Å². The van der Waals surface area contributed by atoms with Gasteiger partial charge in [-0.2, -0.15) is 0 Å². The maximum Gasteiger partial charge on any atom is 0.256 e. The Bertz CT molecular complexity index is 420. The normalized spacial score (nSPS) is 20.1. The molecule has 0 saturated heterocycles. The molecular weight excluding hydrogens is 202 g/mol. The van der Waals surface area contributed by atoms with E-state index in [1.165, 1.54) is 4.90 Å². The predicted molar refractivity (Wildman–Crippen MR) is 61.9 cm³/mol. The topological polar surface area (TPSA) is 40.5 Å². The van der Waals surface area contributed by atoms with Crippen molar-refractivity contribution in [1.29, 1.82) is 0 Å². The van der Waals surface area contributed by atoms with E-state index in [9.17, 15) is 9.90 Å². The van der Waals surface area contributed by atoms with E-state index in [0.29, 0.717) is 12.1 Å². The maximum absolute atomic E-state index is 12.1. The van der Waals surface area contributed by atoms with Gasteiger partial charge in [0.25, 0.3) is 5.91 Å². The van der Waals surface area contributed by atoms with E-state index < -0.39 is 6.23 Å². The van der Waals surface area contributed by atoms with Crippen LogP contribution in [0.3, 0.4) is 0 Å². The summed E-state index contributed by atoms with van der Waals surface area (Å²) in [7, 11) is 0. The molecule has 3 nitrogen and oxygen atoms in total. The molecule has 3 heteroatoms. The van der Waals surface area contributed by atoms with Crippen molar-refractivity contribution in [2.24, 2.45) is 5.41 Å². The van der Waals surface area contributed by atoms with Crippen LogP contribution in [-0.2, 0) is 0 Å². The molecule has 0 fully saturated rings. The number of carbonyl (C=O) groups is 1. The lowest BCUT2D eigenvalue weighted by molar-refractivity contribution is 0.00382. The van der Waals surface area contributed by atoms with E-state index in [1.54, 1.807) is 12.1 Å². The van der Waals surface area contributed by atoms with Crippen LogP contribution in [0.2, 0.25) is 0 Å². The fraction of sp³-hybridized carbons (Fsp3) is 0.462. The number of amides is 1. The quantitative estimate of drug-likeness (QED) is 0.786. The predicted octanol–water partition coefficient (Wildman–Crippen LogP) is 2.18. The minimum absolute atomic E-state index is 0.0152. The van der Waals surface area contributed by atoms with E-state index in [1.807, 2.05) is 12.1 Å². The third-order valence-corrected chi connectivity index (χ3v) is 2.67. The third-order valence-electron chi connectivity index (χ3n) is 2.67. The van der Waals surface area contributed by atoms with Crippen molar-refractivity contribution in [3.63, 3.8) is 0 Å². The molecule has 0 radical (unpaired) electrons. The zero-order valence-corrected chi connectivity index (χ0v) is 9.90. The zero-order chi connectivity index (χ0) is 11.9. The smallest absolute Gasteiger partial charge is 0.256 e. The van der Waals surface area contributed by atoms with E-state index in [4.69, 9.17) is 0 Å². The third kappa shape index (κ3) is 1.83. The summed E-state index contributed by atoms with van der Waals surface area (Å²) in [6, 6.07) is 7.24. The molecular formula is C13H17NO2. The molecule has 1 heterocycles. The Morgan fingerprint density at radius 2 is 1.94 bits per heavy atom. The van der Waals surface area contributed by atoms with Crippen molar-refractivity contribution in [3.05, 3.63) is 35.4 Å². The lowest BCUT2D eigenvalue weighted by atomic mass is 9.96. The maximum atomic E-state index is 12.1. The van der Waals surface area contributed by atoms with Gasteiger partial charge < -0.3 is 10.0 Å². The minimum atomic E-state index is -0.789. The average Bonchev–Trinajstić information content (AvgIpc) is 2.43. The molecule has 0 aromatic heterocycles. The molecule has 1 unspecified atom stereocenters. The molecule has 0 aliphatic carbocycles. The lowest BCUT2D eigenvalue weighted by Crippen LogP contribution is -2.35. The molecule has 0 spiro atoms. The molecule has 1 aromatic rings. The van der Waals surface area contributed by atoms with Gasteiger partial charge >= 0.3 is 0 Å². The fourth-order valence-electron chi connectivity index (χ4n) is 2.02. The number of hydrogen-bond acceptors (Lipinski definition) is 2. The van der Waals surface area contributed by atoms with E-state index in [2.05, 4.69) is 20.8 Å². The second kappa shape index (κ2) is 3.59. The van der Waals surface area contributed by atoms with Crippen molar-refractivity contribution >= 4 is 5.91 Å². The van der Waals surface area contributed by atoms with Crippen molar-refractivity contribution in [1.82, 2.24) is 4.90 Å². The Morgan fingerprint density at radius 1 is 1.31 bits per heavy atom. The van der Waals surface area contributed by atoms with Crippen LogP contribution in [0.1, 0.15) is 42.9 Å². The summed E-state index contributed by atoms with van der Waals surface area (Å²) in [5.74, 6) is -0.0713. The van der Waals surface area contributed by atoms with Gasteiger partial charge in [-0.15, -0.1) is 0 Å². The second-order valence-electron chi connectivity index (χ2n) is 5.45. The Balaban J connectivity index is 2.32. The largest absolute Gasteiger partial charge is 0.369 e. The summed E-state index contributed by atoms with van der Waals surface area (Å²) >= 11 is 0. The van der Waals surface area contributed by atoms with Crippen LogP contribution >= 0.6 is 0 Å². The van der Waals surface area contributed by atoms with Gasteiger partial charge in [-0.05, 0) is 11.5 Å². The molecule has 2 rings (SSSR count). The Labute approximate surface area is 95.7 Å². The van der Waals surface area contributed by atoms with Gasteiger partial charge in [-0.25, -0.2) is 0 Å². The van der Waals surface area contributed by atoms with Gasteiger partial charge in [0.2, 0.25) is 0 Å². The Hall–Kier alpha value is -1.35. The number of rotatable bonds is 1. The van der Waals surface area contributed by atoms with E-state index in [-0.39, 0.29) is 11.3 Å². The summed E-state index contributed by atoms with van der Waals surface area (Å²) in [6.07, 6.45) is -0.789. The standard InChI is InChI=1S/C13H17NO2/c1-13(2,3)8-14-11(15)9-6-4-5-7-10(9)12(14)16/h4-7,11,15H,8H2,1-3H3. The summed E-state index contributed by atoms with van der Waals surface area (Å²) in [5.41, 5.74) is 1.33. The summed E-state index contributed by atoms with van der Waals surface area (Å²) in [6.45, 7) is 6.71. The van der Waals surface area contributed by atoms with Gasteiger partial charge in [-0.1, -0.05) is 39.0 Å². The van der Waals surface area contributed by atoms with Gasteiger partial charge in [-0.3, -0.25) is 4.79 Å². The summed E-state index contributed by atoms with van der Waals surface area (Å²) in [4.78, 5) is 13.6. The molecule has 16 heavy (non-hydrogen) atoms. The highest BCUT2D eigenvalue weighted by Gasteiger charge is 2.36. The van der Waals surface area contributed by atoms with Crippen LogP contribution in [0.5, 0.6) is 0 Å². The van der Waals surface area contributed by atoms with Crippen molar-refractivity contribution < 1.29 is 9.90 Å². The second-order valence-corrected chi connectivity index (χ2v) is 5.45. The first-order chi connectivity index (χ1) is 7.40. The number of aliphatic hydroxyl groups excluding tert-OH is 1. The first-order valence-corrected chi connectivity index (χ1v) is 5.48. The van der Waals surface area contributed by atoms with Crippen molar-refractivity contribution in [2.75, 3.05) is 6.54 Å². The number of aliphatic hydroxyl groups is 1. The number of hydrogen-bond donors (Lipinski definition) is 1. The highest BCUT2D eigenvalue weighted by Crippen LogP contribution is 2.33. The van der Waals surface area contributed by atoms with Crippen LogP contribution in [0.25, 0.3) is 0 Å². The van der Waals surface area contributed by atoms with E-state index >= 15 is 0 Å². The molecule has 0 saturated carbocycles. The molecule has 1 amide bonds. The van der Waals surface area contributed by atoms with Crippen LogP contribution in [-0.4, -0.2) is 22.5 Å². The molecule has 1 aliphatic heterocycles. The zero-order valence-electron chi connectivity index (χ0n) is 9.90. The first kappa shape index (κ1) is 11.1. The molecule has 1 aromatic carbocycles. The minimum Gasteiger partial charge on any atom is -0.369 e. The molecule has 0 bridgehead atoms. The van der Waals surface area contributed by atoms with Gasteiger partial charge in [0.1, 0.15) is 0 Å². The van der Waals surface area contributed by atoms with Crippen LogP contribution in [0, 0.1) is 5.41 Å². The van der Waals surface area contributed by atoms with Gasteiger partial charge in [0.15, 0.2) is 6.23 Å². The highest BCUT2D eigenvalue weighted by molar-refractivity contribution is 5.98. The fourth-order valence-corrected chi connectivity index (χ4v) is 2.02. The number of carbonyl (C=O) groups excluding carboxylic acids is 1. The molecule has 1 atom stereocenters. The van der Waals surface area contributed by atoms with Crippen LogP contribution < -0.4 is 0 Å². The van der Waals surface area contributed by atoms with Crippen molar-refractivity contribution in [2.45, 2.75) is 27.0 Å². The van der Waals surface area contributed by atoms with Crippen LogP contribution in [0.15, 0.2) is 24.3 Å².